The molecule has 1 aromatic heterocycles. The molecule has 20 heavy (non-hydrogen) atoms. The van der Waals surface area contributed by atoms with Crippen molar-refractivity contribution < 1.29 is 4.74 Å². The third kappa shape index (κ3) is 4.05. The summed E-state index contributed by atoms with van der Waals surface area (Å²) in [6.45, 7) is 1.42. The first-order valence-corrected chi connectivity index (χ1v) is 7.27. The van der Waals surface area contributed by atoms with Crippen LogP contribution in [0.1, 0.15) is 37.9 Å². The molecule has 112 valence electrons. The molecule has 0 unspecified atom stereocenters. The highest BCUT2D eigenvalue weighted by atomic mass is 16.5. The van der Waals surface area contributed by atoms with Crippen molar-refractivity contribution in [2.24, 2.45) is 11.8 Å². The van der Waals surface area contributed by atoms with Gasteiger partial charge in [-0.3, -0.25) is 0 Å². The Morgan fingerprint density at radius 3 is 2.75 bits per heavy atom. The Labute approximate surface area is 120 Å². The quantitative estimate of drug-likeness (QED) is 0.612. The first-order valence-electron chi connectivity index (χ1n) is 7.27. The lowest BCUT2D eigenvalue weighted by molar-refractivity contribution is 0.178. The van der Waals surface area contributed by atoms with E-state index < -0.39 is 0 Å². The van der Waals surface area contributed by atoms with E-state index in [2.05, 4.69) is 27.3 Å². The predicted octanol–water partition coefficient (Wildman–Crippen LogP) is 1.93. The molecule has 3 N–H and O–H groups in total. The van der Waals surface area contributed by atoms with Crippen LogP contribution in [0.25, 0.3) is 0 Å². The highest BCUT2D eigenvalue weighted by molar-refractivity contribution is 5.48. The first-order chi connectivity index (χ1) is 9.72. The zero-order valence-corrected chi connectivity index (χ0v) is 12.4. The molecule has 0 bridgehead atoms. The normalized spacial score (nSPS) is 16.1. The number of methoxy groups -OCH3 is 1. The van der Waals surface area contributed by atoms with Crippen molar-refractivity contribution in [1.82, 2.24) is 9.97 Å². The van der Waals surface area contributed by atoms with Crippen molar-refractivity contribution in [1.29, 1.82) is 0 Å². The SMILES string of the molecule is COCc1nc(NN)cc(N(C)CC2CCCCC2)n1. The maximum Gasteiger partial charge on any atom is 0.158 e. The van der Waals surface area contributed by atoms with Gasteiger partial charge < -0.3 is 15.1 Å². The van der Waals surface area contributed by atoms with E-state index >= 15 is 0 Å². The Balaban J connectivity index is 2.06. The number of hydrogen-bond donors (Lipinski definition) is 2. The van der Waals surface area contributed by atoms with Crippen LogP contribution >= 0.6 is 0 Å². The molecule has 1 aliphatic carbocycles. The highest BCUT2D eigenvalue weighted by Gasteiger charge is 2.17. The largest absolute Gasteiger partial charge is 0.377 e. The molecule has 1 saturated carbocycles. The molecule has 6 nitrogen and oxygen atoms in total. The van der Waals surface area contributed by atoms with Crippen molar-refractivity contribution in [3.63, 3.8) is 0 Å². The number of nitrogens with one attached hydrogen (secondary N) is 1. The highest BCUT2D eigenvalue weighted by Crippen LogP contribution is 2.25. The molecule has 1 heterocycles. The van der Waals surface area contributed by atoms with Crippen LogP contribution in [0.5, 0.6) is 0 Å². The molecule has 1 aliphatic rings. The summed E-state index contributed by atoms with van der Waals surface area (Å²) in [7, 11) is 3.71. The van der Waals surface area contributed by atoms with Gasteiger partial charge in [-0.25, -0.2) is 15.8 Å². The second-order valence-electron chi connectivity index (χ2n) is 5.49. The van der Waals surface area contributed by atoms with E-state index in [1.807, 2.05) is 6.07 Å². The van der Waals surface area contributed by atoms with Crippen LogP contribution in [0, 0.1) is 5.92 Å². The fourth-order valence-electron chi connectivity index (χ4n) is 2.80. The third-order valence-electron chi connectivity index (χ3n) is 3.83. The van der Waals surface area contributed by atoms with Gasteiger partial charge in [0.1, 0.15) is 18.2 Å². The van der Waals surface area contributed by atoms with Gasteiger partial charge in [0.25, 0.3) is 0 Å². The number of nitrogens with two attached hydrogens (primary N) is 1. The fraction of sp³-hybridized carbons (Fsp3) is 0.714. The van der Waals surface area contributed by atoms with E-state index in [0.29, 0.717) is 18.2 Å². The summed E-state index contributed by atoms with van der Waals surface area (Å²) in [4.78, 5) is 11.0. The summed E-state index contributed by atoms with van der Waals surface area (Å²) < 4.78 is 5.10. The van der Waals surface area contributed by atoms with Gasteiger partial charge in [-0.05, 0) is 18.8 Å². The van der Waals surface area contributed by atoms with Crippen LogP contribution in [-0.4, -0.2) is 30.7 Å². The molecule has 0 spiro atoms. The summed E-state index contributed by atoms with van der Waals surface area (Å²) >= 11 is 0. The Bertz CT molecular complexity index is 420. The van der Waals surface area contributed by atoms with Crippen LogP contribution in [0.2, 0.25) is 0 Å². The molecular formula is C14H25N5O. The van der Waals surface area contributed by atoms with E-state index in [4.69, 9.17) is 10.6 Å². The number of rotatable bonds is 6. The molecule has 2 rings (SSSR count). The lowest BCUT2D eigenvalue weighted by atomic mass is 9.89. The lowest BCUT2D eigenvalue weighted by Gasteiger charge is -2.28. The van der Waals surface area contributed by atoms with Crippen molar-refractivity contribution in [2.75, 3.05) is 31.0 Å². The maximum absolute atomic E-state index is 5.47. The molecule has 0 atom stereocenters. The molecule has 0 amide bonds. The van der Waals surface area contributed by atoms with Gasteiger partial charge in [0, 0.05) is 26.8 Å². The topological polar surface area (TPSA) is 76.3 Å². The molecule has 1 aromatic rings. The van der Waals surface area contributed by atoms with E-state index in [0.717, 1.165) is 18.3 Å². The summed E-state index contributed by atoms with van der Waals surface area (Å²) in [5.41, 5.74) is 2.59. The molecule has 0 aliphatic heterocycles. The van der Waals surface area contributed by atoms with Crippen molar-refractivity contribution in [3.8, 4) is 0 Å². The number of nitrogen functional groups attached to an aromatic ring is 1. The molecule has 0 saturated heterocycles. The standard InChI is InChI=1S/C14H25N5O/c1-19(9-11-6-4-3-5-7-11)14-8-12(18-15)16-13(17-14)10-20-2/h8,11H,3-7,9-10,15H2,1-2H3,(H,16,17,18). The van der Waals surface area contributed by atoms with Crippen LogP contribution < -0.4 is 16.2 Å². The second kappa shape index (κ2) is 7.40. The molecule has 0 radical (unpaired) electrons. The van der Waals surface area contributed by atoms with Gasteiger partial charge in [-0.1, -0.05) is 19.3 Å². The van der Waals surface area contributed by atoms with Gasteiger partial charge >= 0.3 is 0 Å². The predicted molar refractivity (Wildman–Crippen MR) is 80.4 cm³/mol. The Hall–Kier alpha value is -1.40. The lowest BCUT2D eigenvalue weighted by Crippen LogP contribution is -2.28. The molecule has 6 heteroatoms. The van der Waals surface area contributed by atoms with Crippen molar-refractivity contribution in [2.45, 2.75) is 38.7 Å². The Morgan fingerprint density at radius 1 is 1.35 bits per heavy atom. The summed E-state index contributed by atoms with van der Waals surface area (Å²) in [6.07, 6.45) is 6.73. The molecule has 1 fully saturated rings. The minimum absolute atomic E-state index is 0.389. The van der Waals surface area contributed by atoms with Crippen LogP contribution in [-0.2, 0) is 11.3 Å². The zero-order valence-electron chi connectivity index (χ0n) is 12.4. The van der Waals surface area contributed by atoms with Crippen LogP contribution in [0.3, 0.4) is 0 Å². The Morgan fingerprint density at radius 2 is 2.10 bits per heavy atom. The van der Waals surface area contributed by atoms with Gasteiger partial charge in [-0.15, -0.1) is 0 Å². The number of anilines is 2. The minimum Gasteiger partial charge on any atom is -0.377 e. The van der Waals surface area contributed by atoms with Gasteiger partial charge in [0.05, 0.1) is 0 Å². The van der Waals surface area contributed by atoms with Gasteiger partial charge in [0.15, 0.2) is 5.82 Å². The summed E-state index contributed by atoms with van der Waals surface area (Å²) in [5.74, 6) is 8.40. The number of ether oxygens (including phenoxy) is 1. The van der Waals surface area contributed by atoms with Gasteiger partial charge in [-0.2, -0.15) is 0 Å². The fourth-order valence-corrected chi connectivity index (χ4v) is 2.80. The van der Waals surface area contributed by atoms with Gasteiger partial charge in [0.2, 0.25) is 0 Å². The van der Waals surface area contributed by atoms with Crippen LogP contribution in [0.15, 0.2) is 6.07 Å². The molecule has 0 aromatic carbocycles. The van der Waals surface area contributed by atoms with E-state index in [-0.39, 0.29) is 0 Å². The average Bonchev–Trinajstić information content (AvgIpc) is 2.48. The smallest absolute Gasteiger partial charge is 0.158 e. The number of nitrogens with zero attached hydrogens (tertiary/aromatic N) is 3. The number of hydrogen-bond acceptors (Lipinski definition) is 6. The maximum atomic E-state index is 5.47. The third-order valence-corrected chi connectivity index (χ3v) is 3.83. The summed E-state index contributed by atoms with van der Waals surface area (Å²) in [5, 5.41) is 0. The van der Waals surface area contributed by atoms with Crippen molar-refractivity contribution >= 4 is 11.6 Å². The summed E-state index contributed by atoms with van der Waals surface area (Å²) in [6, 6.07) is 1.88. The van der Waals surface area contributed by atoms with E-state index in [1.165, 1.54) is 32.1 Å². The zero-order chi connectivity index (χ0) is 14.4. The number of aromatic nitrogens is 2. The van der Waals surface area contributed by atoms with Crippen molar-refractivity contribution in [3.05, 3.63) is 11.9 Å². The van der Waals surface area contributed by atoms with Crippen LogP contribution in [0.4, 0.5) is 11.6 Å². The Kier molecular flexibility index (Phi) is 5.55. The van der Waals surface area contributed by atoms with E-state index in [1.54, 1.807) is 7.11 Å². The average molecular weight is 279 g/mol. The monoisotopic (exact) mass is 279 g/mol. The number of hydrazine groups is 1. The first kappa shape index (κ1) is 15.0. The second-order valence-corrected chi connectivity index (χ2v) is 5.49. The minimum atomic E-state index is 0.389. The van der Waals surface area contributed by atoms with E-state index in [9.17, 15) is 0 Å². The molecular weight excluding hydrogens is 254 g/mol.